The van der Waals surface area contributed by atoms with Crippen molar-refractivity contribution in [1.29, 1.82) is 0 Å². The SMILES string of the molecule is CC1(O)COCC(C)(C)N(C(=O)OC(C)(C)C)C1. The van der Waals surface area contributed by atoms with Crippen LogP contribution in [0.3, 0.4) is 0 Å². The zero-order valence-electron chi connectivity index (χ0n) is 12.2. The molecule has 106 valence electrons. The predicted molar refractivity (Wildman–Crippen MR) is 68.5 cm³/mol. The number of carbonyl (C=O) groups is 1. The van der Waals surface area contributed by atoms with Gasteiger partial charge >= 0.3 is 6.09 Å². The molecule has 1 atom stereocenters. The molecule has 0 aromatic rings. The van der Waals surface area contributed by atoms with Crippen LogP contribution < -0.4 is 0 Å². The van der Waals surface area contributed by atoms with Gasteiger partial charge in [0.2, 0.25) is 0 Å². The molecular formula is C13H25NO4. The molecule has 5 nitrogen and oxygen atoms in total. The van der Waals surface area contributed by atoms with Crippen molar-refractivity contribution >= 4 is 6.09 Å². The van der Waals surface area contributed by atoms with Gasteiger partial charge in [-0.1, -0.05) is 0 Å². The van der Waals surface area contributed by atoms with Crippen LogP contribution in [0, 0.1) is 0 Å². The molecule has 0 aromatic carbocycles. The van der Waals surface area contributed by atoms with E-state index < -0.39 is 22.8 Å². The summed E-state index contributed by atoms with van der Waals surface area (Å²) in [6.07, 6.45) is -0.418. The maximum atomic E-state index is 12.2. The molecule has 1 N–H and O–H groups in total. The van der Waals surface area contributed by atoms with Crippen LogP contribution in [-0.2, 0) is 9.47 Å². The number of rotatable bonds is 0. The van der Waals surface area contributed by atoms with Crippen LogP contribution in [0.2, 0.25) is 0 Å². The average molecular weight is 259 g/mol. The summed E-state index contributed by atoms with van der Waals surface area (Å²) in [7, 11) is 0. The van der Waals surface area contributed by atoms with E-state index >= 15 is 0 Å². The van der Waals surface area contributed by atoms with Gasteiger partial charge in [0, 0.05) is 0 Å². The van der Waals surface area contributed by atoms with Gasteiger partial charge in [-0.25, -0.2) is 4.79 Å². The molecule has 1 aliphatic rings. The first-order chi connectivity index (χ1) is 7.93. The topological polar surface area (TPSA) is 59.0 Å². The molecule has 0 saturated carbocycles. The summed E-state index contributed by atoms with van der Waals surface area (Å²) in [4.78, 5) is 13.8. The van der Waals surface area contributed by atoms with Crippen molar-refractivity contribution in [2.75, 3.05) is 19.8 Å². The zero-order valence-corrected chi connectivity index (χ0v) is 12.2. The summed E-state index contributed by atoms with van der Waals surface area (Å²) in [5.41, 5.74) is -2.10. The van der Waals surface area contributed by atoms with Crippen LogP contribution in [0.25, 0.3) is 0 Å². The summed E-state index contributed by atoms with van der Waals surface area (Å²) in [6, 6.07) is 0. The van der Waals surface area contributed by atoms with Crippen molar-refractivity contribution in [3.63, 3.8) is 0 Å². The highest BCUT2D eigenvalue weighted by molar-refractivity contribution is 5.69. The van der Waals surface area contributed by atoms with Crippen molar-refractivity contribution < 1.29 is 19.4 Å². The Morgan fingerprint density at radius 2 is 1.83 bits per heavy atom. The summed E-state index contributed by atoms with van der Waals surface area (Å²) in [5, 5.41) is 10.1. The Bertz CT molecular complexity index is 317. The fourth-order valence-electron chi connectivity index (χ4n) is 1.83. The van der Waals surface area contributed by atoms with Crippen LogP contribution in [0.5, 0.6) is 0 Å². The monoisotopic (exact) mass is 259 g/mol. The van der Waals surface area contributed by atoms with Gasteiger partial charge in [-0.05, 0) is 41.5 Å². The molecule has 0 aliphatic carbocycles. The number of hydrogen-bond donors (Lipinski definition) is 1. The maximum Gasteiger partial charge on any atom is 0.410 e. The lowest BCUT2D eigenvalue weighted by Gasteiger charge is -2.38. The Kier molecular flexibility index (Phi) is 3.98. The van der Waals surface area contributed by atoms with E-state index in [-0.39, 0.29) is 13.2 Å². The number of nitrogens with zero attached hydrogens (tertiary/aromatic N) is 1. The minimum absolute atomic E-state index is 0.203. The van der Waals surface area contributed by atoms with Gasteiger partial charge in [0.05, 0.1) is 25.3 Å². The molecule has 1 fully saturated rings. The minimum atomic E-state index is -1.05. The Morgan fingerprint density at radius 3 is 2.33 bits per heavy atom. The molecule has 18 heavy (non-hydrogen) atoms. The summed E-state index contributed by atoms with van der Waals surface area (Å²) >= 11 is 0. The highest BCUT2D eigenvalue weighted by Gasteiger charge is 2.41. The van der Waals surface area contributed by atoms with E-state index in [0.717, 1.165) is 0 Å². The molecule has 1 aliphatic heterocycles. The van der Waals surface area contributed by atoms with E-state index in [2.05, 4.69) is 0 Å². The Morgan fingerprint density at radius 1 is 1.28 bits per heavy atom. The first-order valence-corrected chi connectivity index (χ1v) is 6.24. The molecule has 0 aromatic heterocycles. The molecule has 1 rings (SSSR count). The van der Waals surface area contributed by atoms with Crippen LogP contribution in [-0.4, -0.2) is 52.6 Å². The summed E-state index contributed by atoms with van der Waals surface area (Å²) in [5.74, 6) is 0. The quantitative estimate of drug-likeness (QED) is 0.720. The first kappa shape index (κ1) is 15.2. The molecule has 1 unspecified atom stereocenters. The van der Waals surface area contributed by atoms with Gasteiger partial charge in [0.1, 0.15) is 11.2 Å². The average Bonchev–Trinajstić information content (AvgIpc) is 2.19. The van der Waals surface area contributed by atoms with Gasteiger partial charge in [-0.15, -0.1) is 0 Å². The van der Waals surface area contributed by atoms with Crippen molar-refractivity contribution in [2.45, 2.75) is 58.3 Å². The van der Waals surface area contributed by atoms with Crippen molar-refractivity contribution in [2.24, 2.45) is 0 Å². The molecule has 0 spiro atoms. The van der Waals surface area contributed by atoms with Gasteiger partial charge in [-0.2, -0.15) is 0 Å². The third-order valence-corrected chi connectivity index (χ3v) is 2.71. The highest BCUT2D eigenvalue weighted by Crippen LogP contribution is 2.25. The fraction of sp³-hybridized carbons (Fsp3) is 0.923. The Balaban J connectivity index is 2.90. The van der Waals surface area contributed by atoms with E-state index in [1.807, 2.05) is 34.6 Å². The second-order valence-corrected chi connectivity index (χ2v) is 6.87. The highest BCUT2D eigenvalue weighted by atomic mass is 16.6. The van der Waals surface area contributed by atoms with Gasteiger partial charge in [-0.3, -0.25) is 4.90 Å². The lowest BCUT2D eigenvalue weighted by molar-refractivity contribution is -0.0291. The van der Waals surface area contributed by atoms with E-state index in [1.54, 1.807) is 11.8 Å². The van der Waals surface area contributed by atoms with Crippen molar-refractivity contribution in [3.8, 4) is 0 Å². The lowest BCUT2D eigenvalue weighted by atomic mass is 10.0. The largest absolute Gasteiger partial charge is 0.444 e. The Hall–Kier alpha value is -0.810. The molecule has 0 bridgehead atoms. The Labute approximate surface area is 109 Å². The molecule has 5 heteroatoms. The standard InChI is InChI=1S/C13H25NO4/c1-11(2,3)18-10(15)14-7-13(6,16)9-17-8-12(14,4)5/h16H,7-9H2,1-6H3. The number of amides is 1. The number of aliphatic hydroxyl groups is 1. The molecule has 1 amide bonds. The summed E-state index contributed by atoms with van der Waals surface area (Å²) in [6.45, 7) is 11.7. The van der Waals surface area contributed by atoms with Crippen LogP contribution in [0.4, 0.5) is 4.79 Å². The van der Waals surface area contributed by atoms with E-state index in [1.165, 1.54) is 0 Å². The number of ether oxygens (including phenoxy) is 2. The normalized spacial score (nSPS) is 28.7. The number of carbonyl (C=O) groups excluding carboxylic acids is 1. The van der Waals surface area contributed by atoms with E-state index in [9.17, 15) is 9.90 Å². The van der Waals surface area contributed by atoms with Gasteiger partial charge < -0.3 is 14.6 Å². The number of hydrogen-bond acceptors (Lipinski definition) is 4. The third-order valence-electron chi connectivity index (χ3n) is 2.71. The summed E-state index contributed by atoms with van der Waals surface area (Å²) < 4.78 is 10.8. The second kappa shape index (κ2) is 4.70. The zero-order chi connectivity index (χ0) is 14.2. The minimum Gasteiger partial charge on any atom is -0.444 e. The maximum absolute atomic E-state index is 12.2. The van der Waals surface area contributed by atoms with E-state index in [0.29, 0.717) is 6.61 Å². The molecule has 0 radical (unpaired) electrons. The van der Waals surface area contributed by atoms with Crippen LogP contribution >= 0.6 is 0 Å². The van der Waals surface area contributed by atoms with Gasteiger partial charge in [0.15, 0.2) is 0 Å². The third kappa shape index (κ3) is 4.14. The molecule has 1 saturated heterocycles. The number of β-amino-alcohol motifs (C(OH)–C–C–N with tert-alkyl or cyclic N) is 1. The molecule has 1 heterocycles. The van der Waals surface area contributed by atoms with Crippen LogP contribution in [0.1, 0.15) is 41.5 Å². The first-order valence-electron chi connectivity index (χ1n) is 6.24. The predicted octanol–water partition coefficient (Wildman–Crippen LogP) is 1.78. The smallest absolute Gasteiger partial charge is 0.410 e. The van der Waals surface area contributed by atoms with Crippen LogP contribution in [0.15, 0.2) is 0 Å². The van der Waals surface area contributed by atoms with Crippen molar-refractivity contribution in [1.82, 2.24) is 4.90 Å². The van der Waals surface area contributed by atoms with Crippen molar-refractivity contribution in [3.05, 3.63) is 0 Å². The second-order valence-electron chi connectivity index (χ2n) is 6.87. The fourth-order valence-corrected chi connectivity index (χ4v) is 1.83. The lowest BCUT2D eigenvalue weighted by Crippen LogP contribution is -2.54. The van der Waals surface area contributed by atoms with Gasteiger partial charge in [0.25, 0.3) is 0 Å². The van der Waals surface area contributed by atoms with E-state index in [4.69, 9.17) is 9.47 Å². The molecular weight excluding hydrogens is 234 g/mol.